The van der Waals surface area contributed by atoms with Gasteiger partial charge in [-0.25, -0.2) is 5.48 Å². The van der Waals surface area contributed by atoms with Gasteiger partial charge in [-0.2, -0.15) is 0 Å². The third-order valence-corrected chi connectivity index (χ3v) is 2.62. The fraction of sp³-hybridized carbons (Fsp3) is 0.917. The summed E-state index contributed by atoms with van der Waals surface area (Å²) in [4.78, 5) is 10.6. The SMILES string of the molecule is CCCCCCCCCCCC(=O)N[O]. The first-order valence-electron chi connectivity index (χ1n) is 6.22. The van der Waals surface area contributed by atoms with Crippen LogP contribution in [0, 0.1) is 0 Å². The summed E-state index contributed by atoms with van der Waals surface area (Å²) in [5.41, 5.74) is 1.40. The monoisotopic (exact) mass is 214 g/mol. The molecule has 3 heteroatoms. The molecule has 3 nitrogen and oxygen atoms in total. The average molecular weight is 214 g/mol. The van der Waals surface area contributed by atoms with E-state index in [4.69, 9.17) is 0 Å². The molecule has 1 amide bonds. The number of hydroxylamine groups is 1. The number of amides is 1. The van der Waals surface area contributed by atoms with Crippen LogP contribution in [0.15, 0.2) is 0 Å². The molecule has 0 aromatic carbocycles. The summed E-state index contributed by atoms with van der Waals surface area (Å²) in [6.07, 6.45) is 11.4. The first-order valence-corrected chi connectivity index (χ1v) is 6.22. The molecule has 0 aliphatic heterocycles. The average Bonchev–Trinajstić information content (AvgIpc) is 2.26. The Morgan fingerprint density at radius 2 is 1.33 bits per heavy atom. The zero-order chi connectivity index (χ0) is 11.4. The molecule has 0 fully saturated rings. The van der Waals surface area contributed by atoms with Crippen LogP contribution < -0.4 is 5.48 Å². The highest BCUT2D eigenvalue weighted by Crippen LogP contribution is 2.10. The van der Waals surface area contributed by atoms with Crippen LogP contribution in [0.5, 0.6) is 0 Å². The molecule has 0 heterocycles. The zero-order valence-electron chi connectivity index (χ0n) is 9.89. The van der Waals surface area contributed by atoms with Gasteiger partial charge < -0.3 is 0 Å². The van der Waals surface area contributed by atoms with E-state index in [1.165, 1.54) is 50.4 Å². The maximum absolute atomic E-state index is 10.6. The molecule has 0 saturated carbocycles. The predicted octanol–water partition coefficient (Wildman–Crippen LogP) is 3.37. The van der Waals surface area contributed by atoms with Gasteiger partial charge in [0.15, 0.2) is 0 Å². The summed E-state index contributed by atoms with van der Waals surface area (Å²) < 4.78 is 0. The van der Waals surface area contributed by atoms with E-state index in [-0.39, 0.29) is 5.91 Å². The van der Waals surface area contributed by atoms with Gasteiger partial charge in [0.05, 0.1) is 0 Å². The van der Waals surface area contributed by atoms with Gasteiger partial charge in [0.25, 0.3) is 0 Å². The molecular weight excluding hydrogens is 190 g/mol. The molecule has 1 N–H and O–H groups in total. The molecule has 0 unspecified atom stereocenters. The summed E-state index contributed by atoms with van der Waals surface area (Å²) >= 11 is 0. The molecule has 15 heavy (non-hydrogen) atoms. The Bertz CT molecular complexity index is 149. The van der Waals surface area contributed by atoms with E-state index >= 15 is 0 Å². The van der Waals surface area contributed by atoms with E-state index in [9.17, 15) is 10.0 Å². The quantitative estimate of drug-likeness (QED) is 0.440. The van der Waals surface area contributed by atoms with Crippen LogP contribution in [0.1, 0.15) is 71.1 Å². The van der Waals surface area contributed by atoms with E-state index < -0.39 is 0 Å². The normalized spacial score (nSPS) is 10.3. The highest BCUT2D eigenvalue weighted by atomic mass is 16.5. The Hall–Kier alpha value is -0.570. The minimum absolute atomic E-state index is 0.377. The topological polar surface area (TPSA) is 49.0 Å². The highest BCUT2D eigenvalue weighted by Gasteiger charge is 1.98. The minimum Gasteiger partial charge on any atom is -0.273 e. The largest absolute Gasteiger partial charge is 0.273 e. The van der Waals surface area contributed by atoms with Crippen LogP contribution in [-0.4, -0.2) is 5.91 Å². The van der Waals surface area contributed by atoms with Crippen molar-refractivity contribution in [2.45, 2.75) is 71.1 Å². The van der Waals surface area contributed by atoms with Crippen molar-refractivity contribution >= 4 is 5.91 Å². The Morgan fingerprint density at radius 3 is 1.80 bits per heavy atom. The van der Waals surface area contributed by atoms with Crippen LogP contribution in [-0.2, 0) is 10.0 Å². The second kappa shape index (κ2) is 11.5. The predicted molar refractivity (Wildman–Crippen MR) is 60.7 cm³/mol. The number of hydrogen-bond acceptors (Lipinski definition) is 1. The summed E-state index contributed by atoms with van der Waals surface area (Å²) in [5, 5.41) is 9.90. The Labute approximate surface area is 93.2 Å². The van der Waals surface area contributed by atoms with Crippen molar-refractivity contribution < 1.29 is 10.0 Å². The van der Waals surface area contributed by atoms with Gasteiger partial charge in [-0.3, -0.25) is 4.79 Å². The fourth-order valence-corrected chi connectivity index (χ4v) is 1.65. The lowest BCUT2D eigenvalue weighted by atomic mass is 10.1. The maximum atomic E-state index is 10.6. The standard InChI is InChI=1S/C12H24NO2/c1-2-3-4-5-6-7-8-9-10-11-12(14)13-15/h2-11H2,1H3,(H,13,14). The number of rotatable bonds is 10. The van der Waals surface area contributed by atoms with E-state index in [2.05, 4.69) is 6.92 Å². The van der Waals surface area contributed by atoms with E-state index in [0.29, 0.717) is 6.42 Å². The molecule has 0 aromatic heterocycles. The van der Waals surface area contributed by atoms with Gasteiger partial charge in [-0.1, -0.05) is 63.5 Å². The molecule has 0 spiro atoms. The lowest BCUT2D eigenvalue weighted by molar-refractivity contribution is -0.133. The molecule has 0 atom stereocenters. The molecule has 89 valence electrons. The number of hydrogen-bond donors (Lipinski definition) is 1. The molecular formula is C12H24NO2. The number of nitrogens with one attached hydrogen (secondary N) is 1. The van der Waals surface area contributed by atoms with E-state index in [1.807, 2.05) is 0 Å². The summed E-state index contributed by atoms with van der Waals surface area (Å²) in [6.45, 7) is 2.22. The van der Waals surface area contributed by atoms with Crippen molar-refractivity contribution in [3.8, 4) is 0 Å². The molecule has 1 radical (unpaired) electrons. The summed E-state index contributed by atoms with van der Waals surface area (Å²) in [6, 6.07) is 0. The van der Waals surface area contributed by atoms with E-state index in [0.717, 1.165) is 12.8 Å². The van der Waals surface area contributed by atoms with Crippen LogP contribution in [0.2, 0.25) is 0 Å². The second-order valence-electron chi connectivity index (χ2n) is 4.10. The number of carbonyl (C=O) groups is 1. The third kappa shape index (κ3) is 11.4. The molecule has 0 aliphatic carbocycles. The smallest absolute Gasteiger partial charge is 0.246 e. The van der Waals surface area contributed by atoms with Crippen molar-refractivity contribution in [1.29, 1.82) is 0 Å². The molecule has 0 aliphatic rings. The molecule has 0 saturated heterocycles. The third-order valence-electron chi connectivity index (χ3n) is 2.62. The minimum atomic E-state index is -0.377. The van der Waals surface area contributed by atoms with Crippen molar-refractivity contribution in [1.82, 2.24) is 5.48 Å². The fourth-order valence-electron chi connectivity index (χ4n) is 1.65. The number of carbonyl (C=O) groups excluding carboxylic acids is 1. The van der Waals surface area contributed by atoms with Crippen LogP contribution in [0.3, 0.4) is 0 Å². The zero-order valence-corrected chi connectivity index (χ0v) is 9.89. The van der Waals surface area contributed by atoms with Gasteiger partial charge in [0.1, 0.15) is 0 Å². The second-order valence-corrected chi connectivity index (χ2v) is 4.10. The van der Waals surface area contributed by atoms with Crippen molar-refractivity contribution in [3.63, 3.8) is 0 Å². The first-order chi connectivity index (χ1) is 7.31. The molecule has 0 rings (SSSR count). The Balaban J connectivity index is 2.95. The van der Waals surface area contributed by atoms with E-state index in [1.54, 1.807) is 0 Å². The van der Waals surface area contributed by atoms with Gasteiger partial charge in [0, 0.05) is 6.42 Å². The number of unbranched alkanes of at least 4 members (excludes halogenated alkanes) is 8. The van der Waals surface area contributed by atoms with Crippen LogP contribution in [0.25, 0.3) is 0 Å². The van der Waals surface area contributed by atoms with Crippen molar-refractivity contribution in [3.05, 3.63) is 0 Å². The van der Waals surface area contributed by atoms with Gasteiger partial charge in [-0.05, 0) is 6.42 Å². The maximum Gasteiger partial charge on any atom is 0.246 e. The summed E-state index contributed by atoms with van der Waals surface area (Å²) in [7, 11) is 0. The van der Waals surface area contributed by atoms with Gasteiger partial charge in [-0.15, -0.1) is 0 Å². The molecule has 0 aromatic rings. The van der Waals surface area contributed by atoms with Crippen LogP contribution in [0.4, 0.5) is 0 Å². The Morgan fingerprint density at radius 1 is 0.867 bits per heavy atom. The summed E-state index contributed by atoms with van der Waals surface area (Å²) in [5.74, 6) is -0.377. The first kappa shape index (κ1) is 14.4. The highest BCUT2D eigenvalue weighted by molar-refractivity contribution is 5.74. The lowest BCUT2D eigenvalue weighted by Crippen LogP contribution is -2.16. The van der Waals surface area contributed by atoms with Crippen molar-refractivity contribution in [2.75, 3.05) is 0 Å². The lowest BCUT2D eigenvalue weighted by Gasteiger charge is -2.01. The Kier molecular flexibility index (Phi) is 11.1. The van der Waals surface area contributed by atoms with Gasteiger partial charge >= 0.3 is 0 Å². The van der Waals surface area contributed by atoms with Crippen LogP contribution >= 0.6 is 0 Å². The van der Waals surface area contributed by atoms with Crippen molar-refractivity contribution in [2.24, 2.45) is 0 Å². The molecule has 0 bridgehead atoms. The van der Waals surface area contributed by atoms with Gasteiger partial charge in [0.2, 0.25) is 5.91 Å².